The van der Waals surface area contributed by atoms with Crippen LogP contribution in [0.5, 0.6) is 0 Å². The van der Waals surface area contributed by atoms with E-state index in [9.17, 15) is 19.2 Å². The highest BCUT2D eigenvalue weighted by atomic mass is 16.2. The zero-order chi connectivity index (χ0) is 23.4. The summed E-state index contributed by atoms with van der Waals surface area (Å²) in [5.41, 5.74) is 5.64. The molecule has 0 fully saturated rings. The zero-order valence-corrected chi connectivity index (χ0v) is 19.2. The lowest BCUT2D eigenvalue weighted by Gasteiger charge is -2.25. The predicted molar refractivity (Wildman–Crippen MR) is 122 cm³/mol. The molecule has 1 heterocycles. The minimum absolute atomic E-state index is 0.000708. The van der Waals surface area contributed by atoms with Crippen molar-refractivity contribution in [2.45, 2.75) is 66.1 Å². The Kier molecular flexibility index (Phi) is 7.23. The Bertz CT molecular complexity index is 1070. The van der Waals surface area contributed by atoms with Crippen LogP contribution in [-0.2, 0) is 33.9 Å². The molecule has 1 aliphatic rings. The van der Waals surface area contributed by atoms with Crippen LogP contribution in [-0.4, -0.2) is 34.3 Å². The molecule has 0 spiro atoms. The summed E-state index contributed by atoms with van der Waals surface area (Å²) >= 11 is 0. The maximum Gasteiger partial charge on any atom is 0.255 e. The maximum atomic E-state index is 12.8. The first kappa shape index (κ1) is 23.4. The van der Waals surface area contributed by atoms with Gasteiger partial charge in [-0.2, -0.15) is 0 Å². The second-order valence-corrected chi connectivity index (χ2v) is 8.66. The fourth-order valence-corrected chi connectivity index (χ4v) is 4.04. The highest BCUT2D eigenvalue weighted by Crippen LogP contribution is 2.27. The summed E-state index contributed by atoms with van der Waals surface area (Å²) in [5.74, 6) is -0.369. The lowest BCUT2D eigenvalue weighted by Crippen LogP contribution is -2.40. The maximum absolute atomic E-state index is 12.8. The van der Waals surface area contributed by atoms with Crippen molar-refractivity contribution < 1.29 is 19.2 Å². The van der Waals surface area contributed by atoms with Crippen molar-refractivity contribution in [3.63, 3.8) is 0 Å². The molecule has 2 aromatic carbocycles. The molecule has 1 N–H and O–H groups in total. The largest absolute Gasteiger partial charge is 0.352 e. The van der Waals surface area contributed by atoms with Crippen LogP contribution >= 0.6 is 0 Å². The SMILES string of the molecule is CC(=O)CCC(C(C)=O)N1Cc2cc(CNC(=O)Cc3ccc(C)c(C)c3)ccc2C1=O. The van der Waals surface area contributed by atoms with Crippen molar-refractivity contribution in [1.82, 2.24) is 10.2 Å². The van der Waals surface area contributed by atoms with Gasteiger partial charge in [0.1, 0.15) is 5.78 Å². The Balaban J connectivity index is 1.63. The number of aryl methyl sites for hydroxylation is 2. The molecule has 0 aromatic heterocycles. The lowest BCUT2D eigenvalue weighted by atomic mass is 10.0. The number of carbonyl (C=O) groups is 4. The molecule has 1 aliphatic heterocycles. The number of amides is 2. The fourth-order valence-electron chi connectivity index (χ4n) is 4.04. The Morgan fingerprint density at radius 2 is 1.72 bits per heavy atom. The van der Waals surface area contributed by atoms with Crippen LogP contribution in [0.3, 0.4) is 0 Å². The van der Waals surface area contributed by atoms with E-state index in [0.29, 0.717) is 31.5 Å². The Hall–Kier alpha value is -3.28. The normalized spacial score (nSPS) is 13.6. The average molecular weight is 435 g/mol. The molecule has 0 saturated carbocycles. The Morgan fingerprint density at radius 1 is 1.00 bits per heavy atom. The highest BCUT2D eigenvalue weighted by Gasteiger charge is 2.34. The van der Waals surface area contributed by atoms with E-state index in [2.05, 4.69) is 5.32 Å². The predicted octanol–water partition coefficient (Wildman–Crippen LogP) is 3.44. The molecular weight excluding hydrogens is 404 g/mol. The van der Waals surface area contributed by atoms with Crippen molar-refractivity contribution in [1.29, 1.82) is 0 Å². The first-order valence-electron chi connectivity index (χ1n) is 10.9. The topological polar surface area (TPSA) is 83.6 Å². The molecule has 2 amide bonds. The van der Waals surface area contributed by atoms with Gasteiger partial charge in [0, 0.05) is 25.1 Å². The quantitative estimate of drug-likeness (QED) is 0.655. The van der Waals surface area contributed by atoms with Crippen LogP contribution in [0.15, 0.2) is 36.4 Å². The van der Waals surface area contributed by atoms with Crippen LogP contribution in [0.4, 0.5) is 0 Å². The van der Waals surface area contributed by atoms with Gasteiger partial charge in [0.05, 0.1) is 12.5 Å². The van der Waals surface area contributed by atoms with E-state index >= 15 is 0 Å². The summed E-state index contributed by atoms with van der Waals surface area (Å²) in [4.78, 5) is 50.2. The number of nitrogens with one attached hydrogen (secondary N) is 1. The summed E-state index contributed by atoms with van der Waals surface area (Å²) in [6.07, 6.45) is 0.919. The van der Waals surface area contributed by atoms with E-state index < -0.39 is 6.04 Å². The third-order valence-electron chi connectivity index (χ3n) is 6.04. The van der Waals surface area contributed by atoms with Gasteiger partial charge in [-0.1, -0.05) is 30.3 Å². The van der Waals surface area contributed by atoms with Gasteiger partial charge >= 0.3 is 0 Å². The molecular formula is C26H30N2O4. The molecule has 1 unspecified atom stereocenters. The van der Waals surface area contributed by atoms with E-state index in [-0.39, 0.29) is 29.8 Å². The number of hydrogen-bond donors (Lipinski definition) is 1. The Morgan fingerprint density at radius 3 is 2.38 bits per heavy atom. The summed E-state index contributed by atoms with van der Waals surface area (Å²) < 4.78 is 0. The molecule has 1 atom stereocenters. The van der Waals surface area contributed by atoms with Gasteiger partial charge in [-0.25, -0.2) is 0 Å². The third-order valence-corrected chi connectivity index (χ3v) is 6.04. The molecule has 6 heteroatoms. The minimum Gasteiger partial charge on any atom is -0.352 e. The van der Waals surface area contributed by atoms with Crippen molar-refractivity contribution >= 4 is 23.4 Å². The van der Waals surface area contributed by atoms with Gasteiger partial charge in [-0.05, 0) is 68.0 Å². The van der Waals surface area contributed by atoms with Crippen molar-refractivity contribution in [2.24, 2.45) is 0 Å². The first-order valence-corrected chi connectivity index (χ1v) is 10.9. The zero-order valence-electron chi connectivity index (χ0n) is 19.2. The molecule has 0 aliphatic carbocycles. The van der Waals surface area contributed by atoms with Crippen LogP contribution in [0.1, 0.15) is 64.9 Å². The average Bonchev–Trinajstić information content (AvgIpc) is 3.04. The molecule has 6 nitrogen and oxygen atoms in total. The molecule has 2 aromatic rings. The van der Waals surface area contributed by atoms with E-state index in [1.54, 1.807) is 11.0 Å². The number of benzene rings is 2. The second kappa shape index (κ2) is 9.90. The lowest BCUT2D eigenvalue weighted by molar-refractivity contribution is -0.122. The number of Topliss-reactive ketones (excluding diaryl/α,β-unsaturated/α-hetero) is 2. The van der Waals surface area contributed by atoms with Gasteiger partial charge < -0.3 is 15.0 Å². The van der Waals surface area contributed by atoms with E-state index in [1.165, 1.54) is 19.4 Å². The van der Waals surface area contributed by atoms with Crippen molar-refractivity contribution in [3.8, 4) is 0 Å². The Labute approximate surface area is 189 Å². The van der Waals surface area contributed by atoms with Gasteiger partial charge in [0.2, 0.25) is 5.91 Å². The van der Waals surface area contributed by atoms with E-state index in [0.717, 1.165) is 22.3 Å². The highest BCUT2D eigenvalue weighted by molar-refractivity contribution is 6.01. The molecule has 3 rings (SSSR count). The number of nitrogens with zero attached hydrogens (tertiary/aromatic N) is 1. The summed E-state index contributed by atoms with van der Waals surface area (Å²) in [6.45, 7) is 7.71. The number of rotatable bonds is 9. The molecule has 168 valence electrons. The van der Waals surface area contributed by atoms with E-state index in [4.69, 9.17) is 0 Å². The first-order chi connectivity index (χ1) is 15.2. The summed E-state index contributed by atoms with van der Waals surface area (Å²) in [6, 6.07) is 10.9. The summed E-state index contributed by atoms with van der Waals surface area (Å²) in [7, 11) is 0. The number of carbonyl (C=O) groups excluding carboxylic acids is 4. The standard InChI is InChI=1S/C26H30N2O4/c1-16-5-7-20(11-17(16)2)13-25(31)27-14-21-8-9-23-22(12-21)15-28(26(23)32)24(19(4)30)10-6-18(3)29/h5,7-9,11-12,24H,6,10,13-15H2,1-4H3,(H,27,31). The van der Waals surface area contributed by atoms with Gasteiger partial charge in [-0.3, -0.25) is 14.4 Å². The molecule has 0 bridgehead atoms. The van der Waals surface area contributed by atoms with E-state index in [1.807, 2.05) is 44.2 Å². The van der Waals surface area contributed by atoms with Crippen molar-refractivity contribution in [3.05, 3.63) is 69.8 Å². The van der Waals surface area contributed by atoms with Gasteiger partial charge in [0.25, 0.3) is 5.91 Å². The van der Waals surface area contributed by atoms with Crippen molar-refractivity contribution in [2.75, 3.05) is 0 Å². The van der Waals surface area contributed by atoms with Gasteiger partial charge in [-0.15, -0.1) is 0 Å². The molecule has 0 saturated heterocycles. The fraction of sp³-hybridized carbons (Fsp3) is 0.385. The number of hydrogen-bond acceptors (Lipinski definition) is 4. The minimum atomic E-state index is -0.597. The third kappa shape index (κ3) is 5.49. The summed E-state index contributed by atoms with van der Waals surface area (Å²) in [5, 5.41) is 2.94. The van der Waals surface area contributed by atoms with Crippen LogP contribution in [0.25, 0.3) is 0 Å². The monoisotopic (exact) mass is 434 g/mol. The molecule has 32 heavy (non-hydrogen) atoms. The van der Waals surface area contributed by atoms with Crippen LogP contribution < -0.4 is 5.32 Å². The number of fused-ring (bicyclic) bond motifs is 1. The second-order valence-electron chi connectivity index (χ2n) is 8.66. The molecule has 0 radical (unpaired) electrons. The van der Waals surface area contributed by atoms with Crippen LogP contribution in [0, 0.1) is 13.8 Å². The van der Waals surface area contributed by atoms with Gasteiger partial charge in [0.15, 0.2) is 5.78 Å². The smallest absolute Gasteiger partial charge is 0.255 e. The van der Waals surface area contributed by atoms with Crippen LogP contribution in [0.2, 0.25) is 0 Å². The number of ketones is 2.